The van der Waals surface area contributed by atoms with Crippen LogP contribution in [0, 0.1) is 21.4 Å². The summed E-state index contributed by atoms with van der Waals surface area (Å²) in [7, 11) is -4.02. The van der Waals surface area contributed by atoms with Crippen molar-refractivity contribution in [2.24, 2.45) is 5.16 Å². The second kappa shape index (κ2) is 9.25. The lowest BCUT2D eigenvalue weighted by Gasteiger charge is -2.13. The lowest BCUT2D eigenvalue weighted by molar-refractivity contribution is -0.384. The summed E-state index contributed by atoms with van der Waals surface area (Å²) in [6.07, 6.45) is 0. The second-order valence-corrected chi connectivity index (χ2v) is 6.50. The monoisotopic (exact) mass is 389 g/mol. The molecule has 0 spiro atoms. The molecular formula is C13H13ClN3O7P. The maximum Gasteiger partial charge on any atom is 0.393 e. The maximum absolute atomic E-state index is 12.4. The van der Waals surface area contributed by atoms with Gasteiger partial charge < -0.3 is 13.9 Å². The van der Waals surface area contributed by atoms with E-state index in [2.05, 4.69) is 9.99 Å². The van der Waals surface area contributed by atoms with E-state index >= 15 is 0 Å². The van der Waals surface area contributed by atoms with E-state index in [1.165, 1.54) is 19.9 Å². The Bertz CT molecular complexity index is 780. The van der Waals surface area contributed by atoms with Gasteiger partial charge in [-0.15, -0.1) is 0 Å². The van der Waals surface area contributed by atoms with Gasteiger partial charge in [-0.2, -0.15) is 5.26 Å². The fourth-order valence-electron chi connectivity index (χ4n) is 1.55. The Morgan fingerprint density at radius 3 is 2.44 bits per heavy atom. The molecule has 0 saturated carbocycles. The molecule has 0 unspecified atom stereocenters. The van der Waals surface area contributed by atoms with E-state index < -0.39 is 23.9 Å². The maximum atomic E-state index is 12.4. The van der Waals surface area contributed by atoms with Gasteiger partial charge in [-0.1, -0.05) is 16.8 Å². The van der Waals surface area contributed by atoms with Crippen molar-refractivity contribution >= 4 is 36.3 Å². The highest BCUT2D eigenvalue weighted by Crippen LogP contribution is 2.49. The minimum Gasteiger partial charge on any atom is -0.311 e. The number of hydrogen-bond donors (Lipinski definition) is 0. The fraction of sp³-hybridized carbons (Fsp3) is 0.308. The third kappa shape index (κ3) is 5.34. The molecule has 0 fully saturated rings. The molecule has 0 heterocycles. The smallest absolute Gasteiger partial charge is 0.311 e. The van der Waals surface area contributed by atoms with Gasteiger partial charge in [0.25, 0.3) is 11.1 Å². The molecule has 0 radical (unpaired) electrons. The van der Waals surface area contributed by atoms with Crippen LogP contribution >= 0.6 is 19.2 Å². The van der Waals surface area contributed by atoms with E-state index in [1.807, 2.05) is 0 Å². The van der Waals surface area contributed by atoms with E-state index in [-0.39, 0.29) is 29.5 Å². The number of non-ortho nitro benzene ring substituents is 1. The van der Waals surface area contributed by atoms with E-state index in [9.17, 15) is 19.5 Å². The number of hydrogen-bond acceptors (Lipinski definition) is 9. The molecule has 0 N–H and O–H groups in total. The summed E-state index contributed by atoms with van der Waals surface area (Å²) in [5, 5.41) is 22.7. The summed E-state index contributed by atoms with van der Waals surface area (Å²) in [5.41, 5.74) is -1.29. The number of nitro benzene ring substituents is 1. The topological polar surface area (TPSA) is 141 Å². The van der Waals surface area contributed by atoms with Gasteiger partial charge >= 0.3 is 13.6 Å². The first-order valence-electron chi connectivity index (χ1n) is 6.82. The standard InChI is InChI=1S/C13H13ClN3O7P/c1-3-22-25(21,23-4-2)12(8-15)16-24-13(18)10-6-5-9(17(19)20)7-11(10)14/h5-7H,3-4H2,1-2H3/b16-12-. The van der Waals surface area contributed by atoms with Crippen LogP contribution in [0.15, 0.2) is 23.4 Å². The van der Waals surface area contributed by atoms with Gasteiger partial charge in [0.15, 0.2) is 0 Å². The third-order valence-electron chi connectivity index (χ3n) is 2.56. The number of benzene rings is 1. The zero-order valence-electron chi connectivity index (χ0n) is 13.2. The lowest BCUT2D eigenvalue weighted by atomic mass is 10.2. The molecule has 1 rings (SSSR count). The van der Waals surface area contributed by atoms with Crippen molar-refractivity contribution in [1.82, 2.24) is 0 Å². The summed E-state index contributed by atoms with van der Waals surface area (Å²) < 4.78 is 22.2. The van der Waals surface area contributed by atoms with Crippen molar-refractivity contribution in [3.05, 3.63) is 38.9 Å². The van der Waals surface area contributed by atoms with E-state index in [1.54, 1.807) is 0 Å². The molecule has 10 nitrogen and oxygen atoms in total. The quantitative estimate of drug-likeness (QED) is 0.216. The molecule has 0 aliphatic heterocycles. The first-order chi connectivity index (χ1) is 11.8. The van der Waals surface area contributed by atoms with Crippen molar-refractivity contribution < 1.29 is 28.2 Å². The molecule has 134 valence electrons. The Balaban J connectivity index is 3.06. The molecule has 0 aliphatic carbocycles. The number of halogens is 1. The number of nitro groups is 1. The summed E-state index contributed by atoms with van der Waals surface area (Å²) in [6, 6.07) is 4.56. The molecule has 0 aromatic heterocycles. The summed E-state index contributed by atoms with van der Waals surface area (Å²) in [6.45, 7) is 3.01. The molecule has 12 heteroatoms. The van der Waals surface area contributed by atoms with Crippen molar-refractivity contribution in [3.8, 4) is 6.07 Å². The van der Waals surface area contributed by atoms with Crippen LogP contribution < -0.4 is 0 Å². The first kappa shape index (κ1) is 20.7. The second-order valence-electron chi connectivity index (χ2n) is 4.16. The predicted molar refractivity (Wildman–Crippen MR) is 87.4 cm³/mol. The zero-order chi connectivity index (χ0) is 19.0. The minimum absolute atomic E-state index is 0.0277. The molecule has 0 aliphatic rings. The number of nitriles is 1. The fourth-order valence-corrected chi connectivity index (χ4v) is 3.06. The van der Waals surface area contributed by atoms with Crippen molar-refractivity contribution in [2.75, 3.05) is 13.2 Å². The Kier molecular flexibility index (Phi) is 7.67. The summed E-state index contributed by atoms with van der Waals surface area (Å²) >= 11 is 5.78. The van der Waals surface area contributed by atoms with Crippen molar-refractivity contribution in [1.29, 1.82) is 5.26 Å². The molecule has 1 aromatic carbocycles. The number of nitrogens with zero attached hydrogens (tertiary/aromatic N) is 3. The average Bonchev–Trinajstić information content (AvgIpc) is 2.55. The molecule has 0 saturated heterocycles. The Morgan fingerprint density at radius 2 is 2.00 bits per heavy atom. The number of oxime groups is 1. The zero-order valence-corrected chi connectivity index (χ0v) is 14.8. The number of carbonyl (C=O) groups excluding carboxylic acids is 1. The Hall–Kier alpha value is -2.31. The van der Waals surface area contributed by atoms with Gasteiger partial charge in [-0.3, -0.25) is 14.7 Å². The molecule has 0 bridgehead atoms. The Labute approximate surface area is 147 Å². The molecule has 25 heavy (non-hydrogen) atoms. The van der Waals surface area contributed by atoms with Crippen LogP contribution in [0.4, 0.5) is 5.69 Å². The number of rotatable bonds is 8. The van der Waals surface area contributed by atoms with Gasteiger partial charge in [0.1, 0.15) is 6.07 Å². The molecule has 0 amide bonds. The Morgan fingerprint density at radius 1 is 1.40 bits per heavy atom. The molecule has 0 atom stereocenters. The molecular weight excluding hydrogens is 377 g/mol. The lowest BCUT2D eigenvalue weighted by Crippen LogP contribution is -2.09. The third-order valence-corrected chi connectivity index (χ3v) is 4.77. The van der Waals surface area contributed by atoms with Gasteiger partial charge in [-0.25, -0.2) is 4.79 Å². The van der Waals surface area contributed by atoms with E-state index in [4.69, 9.17) is 25.9 Å². The van der Waals surface area contributed by atoms with Crippen molar-refractivity contribution in [3.63, 3.8) is 0 Å². The largest absolute Gasteiger partial charge is 0.393 e. The van der Waals surface area contributed by atoms with Gasteiger partial charge in [0.2, 0.25) is 0 Å². The minimum atomic E-state index is -4.02. The van der Waals surface area contributed by atoms with E-state index in [0.29, 0.717) is 0 Å². The highest BCUT2D eigenvalue weighted by molar-refractivity contribution is 7.73. The highest BCUT2D eigenvalue weighted by atomic mass is 35.5. The van der Waals surface area contributed by atoms with Gasteiger partial charge in [0.05, 0.1) is 28.7 Å². The van der Waals surface area contributed by atoms with Gasteiger partial charge in [-0.05, 0) is 19.9 Å². The van der Waals surface area contributed by atoms with Crippen LogP contribution in [0.2, 0.25) is 5.02 Å². The predicted octanol–water partition coefficient (Wildman–Crippen LogP) is 3.51. The van der Waals surface area contributed by atoms with Crippen LogP contribution in [0.5, 0.6) is 0 Å². The van der Waals surface area contributed by atoms with E-state index in [0.717, 1.165) is 18.2 Å². The van der Waals surface area contributed by atoms with Crippen LogP contribution in [0.1, 0.15) is 24.2 Å². The van der Waals surface area contributed by atoms with Crippen molar-refractivity contribution in [2.45, 2.75) is 13.8 Å². The highest BCUT2D eigenvalue weighted by Gasteiger charge is 2.33. The van der Waals surface area contributed by atoms with Crippen LogP contribution in [0.3, 0.4) is 0 Å². The van der Waals surface area contributed by atoms with Gasteiger partial charge in [0, 0.05) is 12.1 Å². The van der Waals surface area contributed by atoms with Crippen LogP contribution in [-0.2, 0) is 18.5 Å². The average molecular weight is 390 g/mol. The summed E-state index contributed by atoms with van der Waals surface area (Å²) in [4.78, 5) is 26.4. The van der Waals surface area contributed by atoms with Crippen LogP contribution in [-0.4, -0.2) is 29.6 Å². The van der Waals surface area contributed by atoms with Crippen LogP contribution in [0.25, 0.3) is 0 Å². The molecule has 1 aromatic rings. The number of carbonyl (C=O) groups is 1. The normalized spacial score (nSPS) is 11.7. The SMILES string of the molecule is CCOP(=O)(OCC)/C(C#N)=N\OC(=O)c1ccc([N+](=O)[O-])cc1Cl. The summed E-state index contributed by atoms with van der Waals surface area (Å²) in [5.74, 6) is -1.10. The first-order valence-corrected chi connectivity index (χ1v) is 8.74.